The summed E-state index contributed by atoms with van der Waals surface area (Å²) in [6.45, 7) is 2.00. The van der Waals surface area contributed by atoms with E-state index < -0.39 is 0 Å². The summed E-state index contributed by atoms with van der Waals surface area (Å²) in [5.41, 5.74) is 3.19. The average Bonchev–Trinajstić information content (AvgIpc) is 2.18. The first-order valence-electron chi connectivity index (χ1n) is 4.45. The number of pyridine rings is 1. The zero-order valence-corrected chi connectivity index (χ0v) is 9.45. The van der Waals surface area contributed by atoms with Crippen LogP contribution in [0.4, 0.5) is 0 Å². The minimum Gasteiger partial charge on any atom is -0.253 e. The van der Waals surface area contributed by atoms with Crippen molar-refractivity contribution in [3.8, 4) is 11.3 Å². The monoisotopic (exact) mass is 247 g/mol. The van der Waals surface area contributed by atoms with Gasteiger partial charge in [-0.15, -0.1) is 0 Å². The second kappa shape index (κ2) is 3.93. The molecule has 14 heavy (non-hydrogen) atoms. The second-order valence-corrected chi connectivity index (χ2v) is 4.09. The van der Waals surface area contributed by atoms with Crippen LogP contribution in [-0.4, -0.2) is 4.98 Å². The van der Waals surface area contributed by atoms with E-state index in [9.17, 15) is 0 Å². The Balaban J connectivity index is 2.52. The number of aromatic nitrogens is 1. The molecule has 2 aromatic rings. The van der Waals surface area contributed by atoms with Gasteiger partial charge in [-0.25, -0.2) is 0 Å². The van der Waals surface area contributed by atoms with Crippen molar-refractivity contribution in [3.63, 3.8) is 0 Å². The lowest BCUT2D eigenvalue weighted by Gasteiger charge is -2.02. The van der Waals surface area contributed by atoms with Gasteiger partial charge in [0.2, 0.25) is 0 Å². The van der Waals surface area contributed by atoms with Crippen LogP contribution in [0, 0.1) is 6.92 Å². The molecule has 0 fully saturated rings. The molecule has 0 unspecified atom stereocenters. The minimum atomic E-state index is 1.01. The molecule has 1 heterocycles. The zero-order valence-electron chi connectivity index (χ0n) is 7.87. The highest BCUT2D eigenvalue weighted by atomic mass is 79.9. The van der Waals surface area contributed by atoms with Crippen LogP contribution in [0.5, 0.6) is 0 Å². The molecule has 1 aromatic carbocycles. The van der Waals surface area contributed by atoms with E-state index in [1.807, 2.05) is 37.3 Å². The Morgan fingerprint density at radius 2 is 1.79 bits per heavy atom. The summed E-state index contributed by atoms with van der Waals surface area (Å²) in [4.78, 5) is 4.47. The fourth-order valence-corrected chi connectivity index (χ4v) is 1.93. The number of hydrogen-bond acceptors (Lipinski definition) is 1. The van der Waals surface area contributed by atoms with E-state index >= 15 is 0 Å². The fraction of sp³-hybridized carbons (Fsp3) is 0.0833. The van der Waals surface area contributed by atoms with E-state index in [4.69, 9.17) is 0 Å². The molecule has 70 valence electrons. The third-order valence-corrected chi connectivity index (χ3v) is 2.45. The molecule has 0 N–H and O–H groups in total. The van der Waals surface area contributed by atoms with Crippen LogP contribution in [0.15, 0.2) is 46.9 Å². The molecule has 0 saturated carbocycles. The van der Waals surface area contributed by atoms with E-state index in [-0.39, 0.29) is 0 Å². The van der Waals surface area contributed by atoms with Gasteiger partial charge >= 0.3 is 0 Å². The Morgan fingerprint density at radius 1 is 1.07 bits per heavy atom. The van der Waals surface area contributed by atoms with Crippen molar-refractivity contribution in [2.24, 2.45) is 0 Å². The van der Waals surface area contributed by atoms with Crippen LogP contribution in [0.2, 0.25) is 0 Å². The van der Waals surface area contributed by atoms with Gasteiger partial charge in [0.25, 0.3) is 0 Å². The molecule has 2 heteroatoms. The second-order valence-electron chi connectivity index (χ2n) is 3.18. The molecule has 0 aliphatic rings. The van der Waals surface area contributed by atoms with Crippen LogP contribution in [-0.2, 0) is 0 Å². The molecule has 0 amide bonds. The summed E-state index contributed by atoms with van der Waals surface area (Å²) in [5, 5.41) is 0. The fourth-order valence-electron chi connectivity index (χ4n) is 1.38. The van der Waals surface area contributed by atoms with Gasteiger partial charge in [0.1, 0.15) is 0 Å². The summed E-state index contributed by atoms with van der Waals surface area (Å²) < 4.78 is 1.07. The first kappa shape index (κ1) is 9.41. The highest BCUT2D eigenvalue weighted by molar-refractivity contribution is 9.10. The van der Waals surface area contributed by atoms with Gasteiger partial charge in [-0.1, -0.05) is 46.3 Å². The maximum atomic E-state index is 4.47. The van der Waals surface area contributed by atoms with Crippen LogP contribution >= 0.6 is 15.9 Å². The topological polar surface area (TPSA) is 12.9 Å². The van der Waals surface area contributed by atoms with Gasteiger partial charge in [0.15, 0.2) is 0 Å². The van der Waals surface area contributed by atoms with Gasteiger partial charge in [0.05, 0.1) is 5.69 Å². The molecule has 1 aromatic heterocycles. The first-order valence-corrected chi connectivity index (χ1v) is 5.24. The minimum absolute atomic E-state index is 1.01. The SMILES string of the molecule is Cc1cc(Br)cc(-c2ccccc2)n1. The quantitative estimate of drug-likeness (QED) is 0.747. The van der Waals surface area contributed by atoms with Gasteiger partial charge in [0, 0.05) is 15.7 Å². The van der Waals surface area contributed by atoms with Gasteiger partial charge in [-0.3, -0.25) is 4.98 Å². The molecule has 0 radical (unpaired) electrons. The number of halogens is 1. The number of benzene rings is 1. The van der Waals surface area contributed by atoms with Crippen molar-refractivity contribution in [2.45, 2.75) is 6.92 Å². The normalized spacial score (nSPS) is 10.1. The predicted octanol–water partition coefficient (Wildman–Crippen LogP) is 3.82. The lowest BCUT2D eigenvalue weighted by atomic mass is 10.1. The number of nitrogens with zero attached hydrogens (tertiary/aromatic N) is 1. The molecule has 0 aliphatic heterocycles. The van der Waals surface area contributed by atoms with E-state index in [2.05, 4.69) is 33.0 Å². The van der Waals surface area contributed by atoms with Crippen molar-refractivity contribution >= 4 is 15.9 Å². The lowest BCUT2D eigenvalue weighted by molar-refractivity contribution is 1.20. The van der Waals surface area contributed by atoms with Crippen molar-refractivity contribution in [2.75, 3.05) is 0 Å². The molecular formula is C12H10BrN. The molecule has 0 bridgehead atoms. The highest BCUT2D eigenvalue weighted by Crippen LogP contribution is 2.21. The van der Waals surface area contributed by atoms with Gasteiger partial charge in [-0.2, -0.15) is 0 Å². The number of rotatable bonds is 1. The van der Waals surface area contributed by atoms with Gasteiger partial charge < -0.3 is 0 Å². The van der Waals surface area contributed by atoms with Crippen LogP contribution < -0.4 is 0 Å². The van der Waals surface area contributed by atoms with Crippen molar-refractivity contribution in [1.29, 1.82) is 0 Å². The molecule has 0 aliphatic carbocycles. The standard InChI is InChI=1S/C12H10BrN/c1-9-7-11(13)8-12(14-9)10-5-3-2-4-6-10/h2-8H,1H3. The summed E-state index contributed by atoms with van der Waals surface area (Å²) >= 11 is 3.47. The lowest BCUT2D eigenvalue weighted by Crippen LogP contribution is -1.86. The van der Waals surface area contributed by atoms with Crippen LogP contribution in [0.25, 0.3) is 11.3 Å². The van der Waals surface area contributed by atoms with Crippen molar-refractivity contribution in [3.05, 3.63) is 52.6 Å². The Hall–Kier alpha value is -1.15. The van der Waals surface area contributed by atoms with Crippen molar-refractivity contribution < 1.29 is 0 Å². The average molecular weight is 248 g/mol. The zero-order chi connectivity index (χ0) is 9.97. The Labute approximate surface area is 91.9 Å². The van der Waals surface area contributed by atoms with Crippen LogP contribution in [0.1, 0.15) is 5.69 Å². The maximum Gasteiger partial charge on any atom is 0.0716 e. The van der Waals surface area contributed by atoms with Crippen LogP contribution in [0.3, 0.4) is 0 Å². The Bertz CT molecular complexity index is 417. The van der Waals surface area contributed by atoms with E-state index in [0.29, 0.717) is 0 Å². The Kier molecular flexibility index (Phi) is 2.64. The smallest absolute Gasteiger partial charge is 0.0716 e. The summed E-state index contributed by atoms with van der Waals surface area (Å²) in [6.07, 6.45) is 0. The van der Waals surface area contributed by atoms with E-state index in [1.54, 1.807) is 0 Å². The molecular weight excluding hydrogens is 238 g/mol. The molecule has 1 nitrogen and oxygen atoms in total. The summed E-state index contributed by atoms with van der Waals surface area (Å²) in [6, 6.07) is 14.2. The molecule has 0 atom stereocenters. The van der Waals surface area contributed by atoms with E-state index in [1.165, 1.54) is 0 Å². The summed E-state index contributed by atoms with van der Waals surface area (Å²) in [5.74, 6) is 0. The number of aryl methyl sites for hydroxylation is 1. The third-order valence-electron chi connectivity index (χ3n) is 1.99. The van der Waals surface area contributed by atoms with Gasteiger partial charge in [-0.05, 0) is 19.1 Å². The maximum absolute atomic E-state index is 4.47. The number of hydrogen-bond donors (Lipinski definition) is 0. The van der Waals surface area contributed by atoms with Crippen molar-refractivity contribution in [1.82, 2.24) is 4.98 Å². The first-order chi connectivity index (χ1) is 6.75. The molecule has 0 spiro atoms. The largest absolute Gasteiger partial charge is 0.253 e. The predicted molar refractivity (Wildman–Crippen MR) is 62.1 cm³/mol. The molecule has 0 saturated heterocycles. The summed E-state index contributed by atoms with van der Waals surface area (Å²) in [7, 11) is 0. The molecule has 2 rings (SSSR count). The van der Waals surface area contributed by atoms with E-state index in [0.717, 1.165) is 21.4 Å². The Morgan fingerprint density at radius 3 is 2.43 bits per heavy atom. The third kappa shape index (κ3) is 2.02. The highest BCUT2D eigenvalue weighted by Gasteiger charge is 2.00.